The SMILES string of the molecule is Cc1ccc(-c2ccn(-c3ccc4c(c3)nc3n4CCNC3)c(=O)c2)cc1.Cl. The maximum absolute atomic E-state index is 12.7. The Kier molecular flexibility index (Phi) is 4.79. The molecule has 4 aromatic rings. The summed E-state index contributed by atoms with van der Waals surface area (Å²) in [7, 11) is 0. The van der Waals surface area contributed by atoms with Gasteiger partial charge in [0.15, 0.2) is 0 Å². The number of hydrogen-bond acceptors (Lipinski definition) is 3. The molecular weight excluding hydrogens is 372 g/mol. The highest BCUT2D eigenvalue weighted by Crippen LogP contribution is 2.22. The van der Waals surface area contributed by atoms with Gasteiger partial charge in [-0.1, -0.05) is 29.8 Å². The van der Waals surface area contributed by atoms with Crippen LogP contribution in [0.1, 0.15) is 11.4 Å². The Bertz CT molecular complexity index is 1210. The minimum atomic E-state index is -0.0435. The Morgan fingerprint density at radius 2 is 1.82 bits per heavy atom. The van der Waals surface area contributed by atoms with Gasteiger partial charge in [-0.15, -0.1) is 12.4 Å². The van der Waals surface area contributed by atoms with Crippen LogP contribution in [0.4, 0.5) is 0 Å². The molecule has 2 aromatic heterocycles. The first-order valence-corrected chi connectivity index (χ1v) is 9.19. The number of nitrogens with one attached hydrogen (secondary N) is 1. The van der Waals surface area contributed by atoms with Crippen LogP contribution in [0.15, 0.2) is 65.6 Å². The average Bonchev–Trinajstić information content (AvgIpc) is 3.06. The molecule has 5 nitrogen and oxygen atoms in total. The van der Waals surface area contributed by atoms with E-state index in [0.717, 1.165) is 53.3 Å². The van der Waals surface area contributed by atoms with Gasteiger partial charge in [-0.05, 0) is 42.3 Å². The van der Waals surface area contributed by atoms with Crippen LogP contribution in [0.5, 0.6) is 0 Å². The lowest BCUT2D eigenvalue weighted by atomic mass is 10.1. The van der Waals surface area contributed by atoms with Crippen LogP contribution in [-0.2, 0) is 13.1 Å². The number of aryl methyl sites for hydroxylation is 1. The molecule has 0 spiro atoms. The zero-order valence-corrected chi connectivity index (χ0v) is 16.4. The van der Waals surface area contributed by atoms with E-state index in [1.54, 1.807) is 10.6 Å². The molecule has 0 saturated heterocycles. The monoisotopic (exact) mass is 392 g/mol. The highest BCUT2D eigenvalue weighted by molar-refractivity contribution is 5.85. The van der Waals surface area contributed by atoms with Gasteiger partial charge in [-0.25, -0.2) is 4.98 Å². The number of benzene rings is 2. The Morgan fingerprint density at radius 3 is 2.61 bits per heavy atom. The molecule has 3 heterocycles. The molecule has 0 fully saturated rings. The fourth-order valence-corrected chi connectivity index (χ4v) is 3.71. The molecule has 0 bridgehead atoms. The molecule has 5 rings (SSSR count). The second-order valence-electron chi connectivity index (χ2n) is 7.02. The number of nitrogens with zero attached hydrogens (tertiary/aromatic N) is 3. The highest BCUT2D eigenvalue weighted by Gasteiger charge is 2.14. The number of rotatable bonds is 2. The van der Waals surface area contributed by atoms with Crippen molar-refractivity contribution < 1.29 is 0 Å². The van der Waals surface area contributed by atoms with Crippen molar-refractivity contribution in [1.29, 1.82) is 0 Å². The van der Waals surface area contributed by atoms with Crippen molar-refractivity contribution >= 4 is 23.4 Å². The normalized spacial score (nSPS) is 13.2. The van der Waals surface area contributed by atoms with Crippen LogP contribution in [0.2, 0.25) is 0 Å². The lowest BCUT2D eigenvalue weighted by Crippen LogP contribution is -2.28. The lowest BCUT2D eigenvalue weighted by Gasteiger charge is -2.15. The van der Waals surface area contributed by atoms with Gasteiger partial charge in [0, 0.05) is 25.4 Å². The summed E-state index contributed by atoms with van der Waals surface area (Å²) in [5.74, 6) is 1.05. The summed E-state index contributed by atoms with van der Waals surface area (Å²) in [6.45, 7) is 4.73. The summed E-state index contributed by atoms with van der Waals surface area (Å²) < 4.78 is 3.92. The van der Waals surface area contributed by atoms with E-state index in [2.05, 4.69) is 35.0 Å². The molecule has 0 atom stereocenters. The summed E-state index contributed by atoms with van der Waals surface area (Å²) >= 11 is 0. The van der Waals surface area contributed by atoms with Crippen molar-refractivity contribution in [2.45, 2.75) is 20.0 Å². The quantitative estimate of drug-likeness (QED) is 0.566. The smallest absolute Gasteiger partial charge is 0.255 e. The van der Waals surface area contributed by atoms with Gasteiger partial charge < -0.3 is 9.88 Å². The number of hydrogen-bond donors (Lipinski definition) is 1. The standard InChI is InChI=1S/C22H20N4O.ClH/c1-15-2-4-16(5-3-15)17-8-10-25(22(27)12-17)18-6-7-20-19(13-18)24-21-14-23-9-11-26(20)21;/h2-8,10,12-13,23H,9,11,14H2,1H3;1H. The van der Waals surface area contributed by atoms with E-state index in [1.165, 1.54) is 5.56 Å². The number of halogens is 1. The summed E-state index contributed by atoms with van der Waals surface area (Å²) in [6.07, 6.45) is 1.84. The first-order chi connectivity index (χ1) is 13.2. The summed E-state index contributed by atoms with van der Waals surface area (Å²) in [6, 6.07) is 17.9. The highest BCUT2D eigenvalue weighted by atomic mass is 35.5. The molecule has 0 saturated carbocycles. The van der Waals surface area contributed by atoms with E-state index in [4.69, 9.17) is 4.98 Å². The Labute approximate surface area is 169 Å². The fraction of sp³-hybridized carbons (Fsp3) is 0.182. The Balaban J connectivity index is 0.00000192. The zero-order valence-electron chi connectivity index (χ0n) is 15.6. The van der Waals surface area contributed by atoms with E-state index in [0.29, 0.717) is 0 Å². The van der Waals surface area contributed by atoms with Crippen LogP contribution in [0.25, 0.3) is 27.8 Å². The van der Waals surface area contributed by atoms with E-state index >= 15 is 0 Å². The van der Waals surface area contributed by atoms with Crippen molar-refractivity contribution in [1.82, 2.24) is 19.4 Å². The first kappa shape index (κ1) is 18.5. The maximum Gasteiger partial charge on any atom is 0.255 e. The predicted octanol–water partition coefficient (Wildman–Crippen LogP) is 3.69. The third kappa shape index (κ3) is 3.13. The zero-order chi connectivity index (χ0) is 18.4. The molecule has 0 aliphatic carbocycles. The van der Waals surface area contributed by atoms with Crippen molar-refractivity contribution in [2.24, 2.45) is 0 Å². The molecule has 1 N–H and O–H groups in total. The van der Waals surface area contributed by atoms with E-state index in [9.17, 15) is 4.79 Å². The summed E-state index contributed by atoms with van der Waals surface area (Å²) in [5.41, 5.74) is 6.04. The van der Waals surface area contributed by atoms with Crippen molar-refractivity contribution in [2.75, 3.05) is 6.54 Å². The van der Waals surface area contributed by atoms with E-state index < -0.39 is 0 Å². The van der Waals surface area contributed by atoms with Crippen molar-refractivity contribution in [3.63, 3.8) is 0 Å². The van der Waals surface area contributed by atoms with Crippen LogP contribution in [0, 0.1) is 6.92 Å². The molecule has 6 heteroatoms. The minimum absolute atomic E-state index is 0. The second kappa shape index (κ2) is 7.26. The predicted molar refractivity (Wildman–Crippen MR) is 114 cm³/mol. The van der Waals surface area contributed by atoms with Crippen molar-refractivity contribution in [3.8, 4) is 16.8 Å². The molecule has 0 radical (unpaired) electrons. The number of fused-ring (bicyclic) bond motifs is 3. The molecule has 0 unspecified atom stereocenters. The molecule has 1 aliphatic heterocycles. The molecule has 0 amide bonds. The maximum atomic E-state index is 12.7. The van der Waals surface area contributed by atoms with E-state index in [-0.39, 0.29) is 18.0 Å². The first-order valence-electron chi connectivity index (χ1n) is 9.19. The van der Waals surface area contributed by atoms with Gasteiger partial charge >= 0.3 is 0 Å². The molecule has 142 valence electrons. The van der Waals surface area contributed by atoms with E-state index in [1.807, 2.05) is 36.5 Å². The molecule has 28 heavy (non-hydrogen) atoms. The lowest BCUT2D eigenvalue weighted by molar-refractivity contribution is 0.514. The fourth-order valence-electron chi connectivity index (χ4n) is 3.71. The third-order valence-corrected chi connectivity index (χ3v) is 5.19. The van der Waals surface area contributed by atoms with Gasteiger partial charge in [0.1, 0.15) is 5.82 Å². The number of pyridine rings is 1. The topological polar surface area (TPSA) is 51.9 Å². The molecular formula is C22H21ClN4O. The molecule has 2 aromatic carbocycles. The number of imidazole rings is 1. The Morgan fingerprint density at radius 1 is 1.00 bits per heavy atom. The largest absolute Gasteiger partial charge is 0.326 e. The Hall–Kier alpha value is -2.89. The summed E-state index contributed by atoms with van der Waals surface area (Å²) in [5, 5.41) is 3.34. The van der Waals surface area contributed by atoms with Crippen LogP contribution >= 0.6 is 12.4 Å². The van der Waals surface area contributed by atoms with Crippen LogP contribution in [0.3, 0.4) is 0 Å². The second-order valence-corrected chi connectivity index (χ2v) is 7.02. The van der Waals surface area contributed by atoms with Crippen molar-refractivity contribution in [3.05, 3.63) is 82.5 Å². The third-order valence-electron chi connectivity index (χ3n) is 5.19. The van der Waals surface area contributed by atoms with Crippen LogP contribution < -0.4 is 10.9 Å². The number of aromatic nitrogens is 3. The van der Waals surface area contributed by atoms with Gasteiger partial charge in [-0.3, -0.25) is 9.36 Å². The molecule has 1 aliphatic rings. The van der Waals surface area contributed by atoms with Gasteiger partial charge in [-0.2, -0.15) is 0 Å². The average molecular weight is 393 g/mol. The minimum Gasteiger partial charge on any atom is -0.326 e. The van der Waals surface area contributed by atoms with Gasteiger partial charge in [0.05, 0.1) is 23.3 Å². The summed E-state index contributed by atoms with van der Waals surface area (Å²) in [4.78, 5) is 17.5. The van der Waals surface area contributed by atoms with Crippen LogP contribution in [-0.4, -0.2) is 20.7 Å². The van der Waals surface area contributed by atoms with Gasteiger partial charge in [0.25, 0.3) is 5.56 Å². The van der Waals surface area contributed by atoms with Gasteiger partial charge in [0.2, 0.25) is 0 Å².